The summed E-state index contributed by atoms with van der Waals surface area (Å²) >= 11 is 0. The number of methoxy groups -OCH3 is 2. The van der Waals surface area contributed by atoms with Crippen LogP contribution in [-0.2, 0) is 14.8 Å². The Bertz CT molecular complexity index is 974. The van der Waals surface area contributed by atoms with Crippen molar-refractivity contribution in [3.63, 3.8) is 0 Å². The Morgan fingerprint density at radius 3 is 2.24 bits per heavy atom. The fourth-order valence-corrected chi connectivity index (χ4v) is 3.63. The number of anilines is 1. The lowest BCUT2D eigenvalue weighted by molar-refractivity contribution is -0.114. The van der Waals surface area contributed by atoms with Gasteiger partial charge in [0.2, 0.25) is 15.9 Å². The first-order chi connectivity index (χ1) is 13.8. The molecule has 0 atom stereocenters. The number of nitrogens with one attached hydrogen (secondary N) is 3. The van der Waals surface area contributed by atoms with E-state index in [1.807, 2.05) is 0 Å². The van der Waals surface area contributed by atoms with Crippen molar-refractivity contribution >= 4 is 27.5 Å². The molecule has 0 heterocycles. The van der Waals surface area contributed by atoms with Crippen LogP contribution in [-0.4, -0.2) is 47.5 Å². The zero-order valence-corrected chi connectivity index (χ0v) is 17.1. The third kappa shape index (κ3) is 6.19. The van der Waals surface area contributed by atoms with Gasteiger partial charge in [-0.25, -0.2) is 13.1 Å². The third-order valence-corrected chi connectivity index (χ3v) is 5.33. The first-order valence-electron chi connectivity index (χ1n) is 8.64. The second kappa shape index (κ2) is 9.89. The Balaban J connectivity index is 1.91. The Hall–Kier alpha value is -3.11. The van der Waals surface area contributed by atoms with Gasteiger partial charge in [0.05, 0.1) is 14.2 Å². The van der Waals surface area contributed by atoms with Gasteiger partial charge < -0.3 is 20.1 Å². The molecule has 3 N–H and O–H groups in total. The van der Waals surface area contributed by atoms with Crippen LogP contribution in [0.1, 0.15) is 17.3 Å². The molecule has 0 fully saturated rings. The summed E-state index contributed by atoms with van der Waals surface area (Å²) in [7, 11) is -0.994. The number of hydrogen-bond acceptors (Lipinski definition) is 6. The Morgan fingerprint density at radius 2 is 1.66 bits per heavy atom. The smallest absolute Gasteiger partial charge is 0.251 e. The number of sulfonamides is 1. The summed E-state index contributed by atoms with van der Waals surface area (Å²) in [5, 5.41) is 5.23. The maximum absolute atomic E-state index is 12.5. The van der Waals surface area contributed by atoms with Crippen LogP contribution < -0.4 is 24.8 Å². The summed E-state index contributed by atoms with van der Waals surface area (Å²) in [6.07, 6.45) is 0. The predicted molar refractivity (Wildman–Crippen MR) is 108 cm³/mol. The van der Waals surface area contributed by atoms with Gasteiger partial charge in [-0.1, -0.05) is 0 Å². The molecule has 0 saturated carbocycles. The molecule has 2 rings (SSSR count). The Kier molecular flexibility index (Phi) is 7.57. The summed E-state index contributed by atoms with van der Waals surface area (Å²) < 4.78 is 37.5. The molecule has 0 aromatic heterocycles. The molecule has 2 amide bonds. The number of rotatable bonds is 9. The molecule has 156 valence electrons. The minimum absolute atomic E-state index is 0.00671. The van der Waals surface area contributed by atoms with Crippen LogP contribution in [0.5, 0.6) is 11.5 Å². The molecule has 9 nitrogen and oxygen atoms in total. The molecular formula is C19H23N3O6S. The average Bonchev–Trinajstić information content (AvgIpc) is 2.70. The van der Waals surface area contributed by atoms with E-state index in [-0.39, 0.29) is 35.5 Å². The van der Waals surface area contributed by atoms with E-state index in [0.29, 0.717) is 17.0 Å². The Morgan fingerprint density at radius 1 is 0.966 bits per heavy atom. The van der Waals surface area contributed by atoms with Crippen molar-refractivity contribution < 1.29 is 27.5 Å². The van der Waals surface area contributed by atoms with Gasteiger partial charge in [-0.05, 0) is 36.4 Å². The molecule has 0 radical (unpaired) electrons. The van der Waals surface area contributed by atoms with E-state index in [4.69, 9.17) is 9.47 Å². The number of carbonyl (C=O) groups excluding carboxylic acids is 2. The second-order valence-corrected chi connectivity index (χ2v) is 7.66. The molecule has 10 heteroatoms. The van der Waals surface area contributed by atoms with E-state index in [0.717, 1.165) is 0 Å². The van der Waals surface area contributed by atoms with Gasteiger partial charge in [0.15, 0.2) is 0 Å². The highest BCUT2D eigenvalue weighted by atomic mass is 32.2. The lowest BCUT2D eigenvalue weighted by Gasteiger charge is -2.12. The number of ether oxygens (including phenoxy) is 2. The molecule has 29 heavy (non-hydrogen) atoms. The molecule has 2 aromatic rings. The summed E-state index contributed by atoms with van der Waals surface area (Å²) in [5.41, 5.74) is 0.967. The van der Waals surface area contributed by atoms with Gasteiger partial charge in [0.25, 0.3) is 5.91 Å². The minimum Gasteiger partial charge on any atom is -0.497 e. The van der Waals surface area contributed by atoms with Gasteiger partial charge in [-0.15, -0.1) is 0 Å². The van der Waals surface area contributed by atoms with E-state index in [2.05, 4.69) is 15.4 Å². The van der Waals surface area contributed by atoms with E-state index in [9.17, 15) is 18.0 Å². The van der Waals surface area contributed by atoms with E-state index >= 15 is 0 Å². The lowest BCUT2D eigenvalue weighted by Crippen LogP contribution is -2.34. The van der Waals surface area contributed by atoms with Crippen molar-refractivity contribution in [2.24, 2.45) is 0 Å². The van der Waals surface area contributed by atoms with Gasteiger partial charge >= 0.3 is 0 Å². The highest BCUT2D eigenvalue weighted by Gasteiger charge is 2.19. The van der Waals surface area contributed by atoms with Crippen LogP contribution in [0, 0.1) is 0 Å². The van der Waals surface area contributed by atoms with Crippen LogP contribution in [0.25, 0.3) is 0 Å². The molecule has 0 saturated heterocycles. The maximum Gasteiger partial charge on any atom is 0.251 e. The zero-order chi connectivity index (χ0) is 21.4. The summed E-state index contributed by atoms with van der Waals surface area (Å²) in [4.78, 5) is 23.1. The monoisotopic (exact) mass is 421 g/mol. The second-order valence-electron chi connectivity index (χ2n) is 5.93. The average molecular weight is 421 g/mol. The molecular weight excluding hydrogens is 398 g/mol. The summed E-state index contributed by atoms with van der Waals surface area (Å²) in [6.45, 7) is 1.47. The summed E-state index contributed by atoms with van der Waals surface area (Å²) in [6, 6.07) is 10.7. The van der Waals surface area contributed by atoms with Gasteiger partial charge in [-0.3, -0.25) is 9.59 Å². The van der Waals surface area contributed by atoms with E-state index in [1.165, 1.54) is 39.3 Å². The highest BCUT2D eigenvalue weighted by molar-refractivity contribution is 7.89. The van der Waals surface area contributed by atoms with Crippen molar-refractivity contribution in [1.29, 1.82) is 0 Å². The largest absolute Gasteiger partial charge is 0.497 e. The van der Waals surface area contributed by atoms with E-state index in [1.54, 1.807) is 24.3 Å². The van der Waals surface area contributed by atoms with Gasteiger partial charge in [0, 0.05) is 37.3 Å². The minimum atomic E-state index is -3.83. The fraction of sp³-hybridized carbons (Fsp3) is 0.263. The molecule has 0 bridgehead atoms. The van der Waals surface area contributed by atoms with Crippen LogP contribution in [0.3, 0.4) is 0 Å². The van der Waals surface area contributed by atoms with Gasteiger partial charge in [-0.2, -0.15) is 0 Å². The van der Waals surface area contributed by atoms with Crippen LogP contribution >= 0.6 is 0 Å². The zero-order valence-electron chi connectivity index (χ0n) is 16.3. The van der Waals surface area contributed by atoms with E-state index < -0.39 is 10.0 Å². The number of carbonyl (C=O) groups is 2. The van der Waals surface area contributed by atoms with Crippen LogP contribution in [0.15, 0.2) is 47.4 Å². The molecule has 0 aliphatic carbocycles. The van der Waals surface area contributed by atoms with Crippen molar-refractivity contribution in [2.75, 3.05) is 32.6 Å². The third-order valence-electron chi connectivity index (χ3n) is 3.83. The molecule has 0 aliphatic heterocycles. The normalized spacial score (nSPS) is 10.9. The predicted octanol–water partition coefficient (Wildman–Crippen LogP) is 1.37. The van der Waals surface area contributed by atoms with Gasteiger partial charge in [0.1, 0.15) is 16.4 Å². The van der Waals surface area contributed by atoms with Crippen molar-refractivity contribution in [3.05, 3.63) is 48.0 Å². The molecule has 0 spiro atoms. The number of benzene rings is 2. The fourth-order valence-electron chi connectivity index (χ4n) is 2.45. The topological polar surface area (TPSA) is 123 Å². The molecule has 2 aromatic carbocycles. The van der Waals surface area contributed by atoms with Crippen LogP contribution in [0.4, 0.5) is 5.69 Å². The SMILES string of the molecule is COc1ccc(S(=O)(=O)NCCNC(=O)c2ccc(NC(C)=O)cc2)c(OC)c1. The lowest BCUT2D eigenvalue weighted by atomic mass is 10.2. The van der Waals surface area contributed by atoms with Crippen LogP contribution in [0.2, 0.25) is 0 Å². The quantitative estimate of drug-likeness (QED) is 0.526. The highest BCUT2D eigenvalue weighted by Crippen LogP contribution is 2.28. The number of amides is 2. The first-order valence-corrected chi connectivity index (χ1v) is 10.1. The number of hydrogen-bond donors (Lipinski definition) is 3. The van der Waals surface area contributed by atoms with Crippen molar-refractivity contribution in [3.8, 4) is 11.5 Å². The van der Waals surface area contributed by atoms with Crippen molar-refractivity contribution in [1.82, 2.24) is 10.0 Å². The maximum atomic E-state index is 12.5. The first kappa shape index (κ1) is 22.2. The van der Waals surface area contributed by atoms with Crippen molar-refractivity contribution in [2.45, 2.75) is 11.8 Å². The summed E-state index contributed by atoms with van der Waals surface area (Å²) in [5.74, 6) is 0.0568. The molecule has 0 unspecified atom stereocenters. The Labute approximate surface area is 169 Å². The standard InChI is InChI=1S/C19H23N3O6S/c1-13(23)22-15-6-4-14(5-7-15)19(24)20-10-11-21-29(25,26)18-9-8-16(27-2)12-17(18)28-3/h4-9,12,21H,10-11H2,1-3H3,(H,20,24)(H,22,23). The molecule has 0 aliphatic rings.